The molecule has 0 aliphatic heterocycles. The SMILES string of the molecule is C[Si](C)(C)c1ccc(-c2[c-]cccc2)nc1.[2H]C1(c2ccnc(-c3[c-]ccc4c3oc3cc(-c5ccccc5)ccc34)c2)CCCCC1.[Ir]. The second kappa shape index (κ2) is 14.9. The van der Waals surface area contributed by atoms with Crippen LogP contribution in [0.4, 0.5) is 0 Å². The standard InChI is InChI=1S/C29H24NO.C14H16NSi.Ir/c1-3-8-20(9-4-1)22-14-15-24-25-12-7-13-26(29(25)31-28(24)19-22)27-18-23(16-17-30-27)21-10-5-2-6-11-21;1-16(2,3)13-9-10-14(15-11-13)12-7-5-4-6-8-12;/h1,3-4,7-9,12,14-19,21H,2,5-6,10-11H2;4-7,9-11H,1-3H3;/q2*-1;/i21D;;. The molecular formula is C43H40IrN2OSi-2. The molecule has 0 bridgehead atoms. The van der Waals surface area contributed by atoms with Crippen molar-refractivity contribution in [3.63, 3.8) is 0 Å². The van der Waals surface area contributed by atoms with Crippen LogP contribution in [0.5, 0.6) is 0 Å². The molecule has 0 unspecified atom stereocenters. The van der Waals surface area contributed by atoms with E-state index in [1.807, 2.05) is 54.9 Å². The van der Waals surface area contributed by atoms with Gasteiger partial charge in [0.2, 0.25) is 0 Å². The van der Waals surface area contributed by atoms with Crippen LogP contribution in [0.3, 0.4) is 0 Å². The van der Waals surface area contributed by atoms with Crippen molar-refractivity contribution < 1.29 is 25.9 Å². The topological polar surface area (TPSA) is 38.9 Å². The summed E-state index contributed by atoms with van der Waals surface area (Å²) in [5.41, 5.74) is 8.78. The molecule has 5 heteroatoms. The average Bonchev–Trinajstić information content (AvgIpc) is 3.51. The van der Waals surface area contributed by atoms with Crippen molar-refractivity contribution in [3.8, 4) is 33.6 Å². The summed E-state index contributed by atoms with van der Waals surface area (Å²) in [6.07, 6.45) is 9.15. The fourth-order valence-corrected chi connectivity index (χ4v) is 7.38. The van der Waals surface area contributed by atoms with E-state index in [2.05, 4.69) is 108 Å². The minimum Gasteiger partial charge on any atom is -0.501 e. The maximum Gasteiger partial charge on any atom is 0.121 e. The van der Waals surface area contributed by atoms with Gasteiger partial charge < -0.3 is 14.4 Å². The number of pyridine rings is 2. The average molecular weight is 822 g/mol. The molecule has 48 heavy (non-hydrogen) atoms. The van der Waals surface area contributed by atoms with Crippen LogP contribution in [-0.4, -0.2) is 18.0 Å². The van der Waals surface area contributed by atoms with Crippen molar-refractivity contribution >= 4 is 35.2 Å². The van der Waals surface area contributed by atoms with Gasteiger partial charge in [0.1, 0.15) is 5.58 Å². The van der Waals surface area contributed by atoms with Crippen LogP contribution in [0.1, 0.15) is 44.9 Å². The van der Waals surface area contributed by atoms with E-state index in [1.54, 1.807) is 0 Å². The molecule has 1 fully saturated rings. The summed E-state index contributed by atoms with van der Waals surface area (Å²) in [6.45, 7) is 7.00. The van der Waals surface area contributed by atoms with Crippen LogP contribution in [0.2, 0.25) is 19.6 Å². The smallest absolute Gasteiger partial charge is 0.121 e. The molecule has 0 spiro atoms. The molecule has 1 radical (unpaired) electrons. The fraction of sp³-hybridized carbons (Fsp3) is 0.209. The van der Waals surface area contributed by atoms with E-state index in [9.17, 15) is 0 Å². The Kier molecular flexibility index (Phi) is 10.1. The molecule has 4 aromatic carbocycles. The van der Waals surface area contributed by atoms with Crippen LogP contribution >= 0.6 is 0 Å². The molecule has 0 saturated heterocycles. The second-order valence-corrected chi connectivity index (χ2v) is 18.4. The molecule has 8 rings (SSSR count). The van der Waals surface area contributed by atoms with Crippen molar-refractivity contribution in [3.05, 3.63) is 139 Å². The van der Waals surface area contributed by atoms with E-state index >= 15 is 0 Å². The van der Waals surface area contributed by atoms with Crippen molar-refractivity contribution in [1.29, 1.82) is 0 Å². The zero-order chi connectivity index (χ0) is 33.1. The number of rotatable bonds is 5. The molecule has 0 N–H and O–H groups in total. The minimum absolute atomic E-state index is 0. The van der Waals surface area contributed by atoms with Crippen LogP contribution in [0.15, 0.2) is 126 Å². The molecule has 243 valence electrons. The van der Waals surface area contributed by atoms with Gasteiger partial charge in [-0.3, -0.25) is 0 Å². The first kappa shape index (κ1) is 32.4. The molecular weight excluding hydrogens is 781 g/mol. The number of aromatic nitrogens is 2. The maximum absolute atomic E-state index is 9.02. The third-order valence-electron chi connectivity index (χ3n) is 9.04. The predicted molar refractivity (Wildman–Crippen MR) is 199 cm³/mol. The van der Waals surface area contributed by atoms with Crippen molar-refractivity contribution in [2.24, 2.45) is 0 Å². The number of nitrogens with zero attached hydrogens (tertiary/aromatic N) is 2. The van der Waals surface area contributed by atoms with Gasteiger partial charge >= 0.3 is 0 Å². The monoisotopic (exact) mass is 822 g/mol. The Morgan fingerprint density at radius 2 is 1.54 bits per heavy atom. The first-order chi connectivity index (χ1) is 23.3. The molecule has 3 nitrogen and oxygen atoms in total. The molecule has 0 amide bonds. The fourth-order valence-electron chi connectivity index (χ4n) is 6.35. The van der Waals surface area contributed by atoms with Crippen LogP contribution in [0.25, 0.3) is 55.6 Å². The second-order valence-electron chi connectivity index (χ2n) is 13.3. The summed E-state index contributed by atoms with van der Waals surface area (Å²) < 4.78 is 15.4. The van der Waals surface area contributed by atoms with Gasteiger partial charge in [0.15, 0.2) is 0 Å². The summed E-state index contributed by atoms with van der Waals surface area (Å²) in [5, 5.41) is 3.56. The quantitative estimate of drug-likeness (QED) is 0.128. The van der Waals surface area contributed by atoms with Gasteiger partial charge in [0.05, 0.1) is 13.7 Å². The first-order valence-electron chi connectivity index (χ1n) is 17.1. The molecule has 1 aliphatic carbocycles. The normalized spacial score (nSPS) is 14.4. The largest absolute Gasteiger partial charge is 0.501 e. The zero-order valence-corrected chi connectivity index (χ0v) is 31.1. The van der Waals surface area contributed by atoms with Gasteiger partial charge in [0, 0.05) is 39.3 Å². The van der Waals surface area contributed by atoms with Crippen molar-refractivity contribution in [2.75, 3.05) is 0 Å². The molecule has 3 aromatic heterocycles. The molecule has 3 heterocycles. The Bertz CT molecular complexity index is 2150. The Hall–Kier alpha value is -4.15. The Morgan fingerprint density at radius 1 is 0.729 bits per heavy atom. The number of hydrogen-bond donors (Lipinski definition) is 0. The molecule has 0 atom stereocenters. The Morgan fingerprint density at radius 3 is 2.27 bits per heavy atom. The van der Waals surface area contributed by atoms with E-state index in [-0.39, 0.29) is 20.1 Å². The van der Waals surface area contributed by atoms with E-state index in [0.29, 0.717) is 0 Å². The number of furan rings is 1. The van der Waals surface area contributed by atoms with E-state index in [1.165, 1.54) is 17.2 Å². The van der Waals surface area contributed by atoms with E-state index < -0.39 is 14.0 Å². The summed E-state index contributed by atoms with van der Waals surface area (Å²) in [5.74, 6) is -0.512. The summed E-state index contributed by atoms with van der Waals surface area (Å²) >= 11 is 0. The van der Waals surface area contributed by atoms with Gasteiger partial charge in [-0.25, -0.2) is 0 Å². The van der Waals surface area contributed by atoms with Crippen LogP contribution < -0.4 is 5.19 Å². The summed E-state index contributed by atoms with van der Waals surface area (Å²) in [4.78, 5) is 9.17. The number of fused-ring (bicyclic) bond motifs is 3. The first-order valence-corrected chi connectivity index (χ1v) is 20.1. The zero-order valence-electron chi connectivity index (χ0n) is 28.7. The van der Waals surface area contributed by atoms with Crippen LogP contribution in [-0.2, 0) is 20.1 Å². The summed E-state index contributed by atoms with van der Waals surface area (Å²) in [7, 11) is -1.23. The minimum atomic E-state index is -1.23. The summed E-state index contributed by atoms with van der Waals surface area (Å²) in [6, 6.07) is 43.6. The van der Waals surface area contributed by atoms with Gasteiger partial charge in [-0.2, -0.15) is 0 Å². The third kappa shape index (κ3) is 7.44. The predicted octanol–water partition coefficient (Wildman–Crippen LogP) is 11.3. The molecule has 1 saturated carbocycles. The van der Waals surface area contributed by atoms with Crippen LogP contribution in [0, 0.1) is 12.1 Å². The Balaban J connectivity index is 0.000000208. The van der Waals surface area contributed by atoms with Gasteiger partial charge in [0.25, 0.3) is 0 Å². The van der Waals surface area contributed by atoms with E-state index in [4.69, 9.17) is 5.79 Å². The van der Waals surface area contributed by atoms with Gasteiger partial charge in [-0.15, -0.1) is 54.1 Å². The maximum atomic E-state index is 9.02. The number of hydrogen-bond acceptors (Lipinski definition) is 3. The Labute approximate surface area is 300 Å². The van der Waals surface area contributed by atoms with E-state index in [0.717, 1.165) is 81.3 Å². The molecule has 7 aromatic rings. The number of benzene rings is 4. The molecule has 1 aliphatic rings. The van der Waals surface area contributed by atoms with Crippen molar-refractivity contribution in [1.82, 2.24) is 9.97 Å². The van der Waals surface area contributed by atoms with Gasteiger partial charge in [-0.05, 0) is 58.6 Å². The van der Waals surface area contributed by atoms with Crippen molar-refractivity contribution in [2.45, 2.75) is 57.6 Å². The third-order valence-corrected chi connectivity index (χ3v) is 11.1. The van der Waals surface area contributed by atoms with Gasteiger partial charge in [-0.1, -0.05) is 116 Å².